The van der Waals surface area contributed by atoms with Crippen molar-refractivity contribution in [3.63, 3.8) is 0 Å². The molecule has 0 aromatic carbocycles. The van der Waals surface area contributed by atoms with Crippen molar-refractivity contribution in [1.29, 1.82) is 0 Å². The second-order valence-corrected chi connectivity index (χ2v) is 5.42. The SMILES string of the molecule is CNC12CCC(C)(COC1=O)C2(C)C. The highest BCUT2D eigenvalue weighted by atomic mass is 16.5. The number of hydrogen-bond donors (Lipinski definition) is 1. The molecular formula is C11H19NO2. The number of ether oxygens (including phenoxy) is 1. The zero-order valence-corrected chi connectivity index (χ0v) is 9.44. The summed E-state index contributed by atoms with van der Waals surface area (Å²) in [6.07, 6.45) is 1.96. The van der Waals surface area contributed by atoms with Gasteiger partial charge in [0, 0.05) is 10.8 Å². The van der Waals surface area contributed by atoms with Crippen LogP contribution in [0, 0.1) is 10.8 Å². The number of nitrogens with one attached hydrogen (secondary N) is 1. The number of carbonyl (C=O) groups is 1. The summed E-state index contributed by atoms with van der Waals surface area (Å²) >= 11 is 0. The van der Waals surface area contributed by atoms with Crippen molar-refractivity contribution in [2.75, 3.05) is 13.7 Å². The molecule has 1 aliphatic heterocycles. The van der Waals surface area contributed by atoms with E-state index in [1.54, 1.807) is 0 Å². The smallest absolute Gasteiger partial charge is 0.326 e. The van der Waals surface area contributed by atoms with Crippen molar-refractivity contribution in [3.05, 3.63) is 0 Å². The fourth-order valence-electron chi connectivity index (χ4n) is 3.10. The van der Waals surface area contributed by atoms with Gasteiger partial charge in [0.15, 0.2) is 0 Å². The van der Waals surface area contributed by atoms with Gasteiger partial charge in [-0.25, -0.2) is 0 Å². The van der Waals surface area contributed by atoms with Crippen molar-refractivity contribution in [2.24, 2.45) is 10.8 Å². The molecule has 80 valence electrons. The first kappa shape index (κ1) is 9.97. The summed E-state index contributed by atoms with van der Waals surface area (Å²) in [6.45, 7) is 7.15. The number of cyclic esters (lactones) is 1. The summed E-state index contributed by atoms with van der Waals surface area (Å²) in [4.78, 5) is 11.9. The van der Waals surface area contributed by atoms with Crippen LogP contribution in [0.25, 0.3) is 0 Å². The molecule has 2 aliphatic rings. The van der Waals surface area contributed by atoms with Crippen LogP contribution in [0.4, 0.5) is 0 Å². The van der Waals surface area contributed by atoms with Gasteiger partial charge >= 0.3 is 5.97 Å². The monoisotopic (exact) mass is 197 g/mol. The maximum atomic E-state index is 11.9. The second kappa shape index (κ2) is 2.51. The van der Waals surface area contributed by atoms with Crippen LogP contribution >= 0.6 is 0 Å². The minimum atomic E-state index is -0.458. The van der Waals surface area contributed by atoms with E-state index in [-0.39, 0.29) is 16.8 Å². The van der Waals surface area contributed by atoms with Crippen LogP contribution < -0.4 is 5.32 Å². The molecule has 0 spiro atoms. The molecule has 2 unspecified atom stereocenters. The molecule has 0 aromatic rings. The third-order valence-electron chi connectivity index (χ3n) is 4.92. The van der Waals surface area contributed by atoms with Gasteiger partial charge in [-0.2, -0.15) is 0 Å². The lowest BCUT2D eigenvalue weighted by molar-refractivity contribution is -0.176. The first-order valence-corrected chi connectivity index (χ1v) is 5.26. The van der Waals surface area contributed by atoms with Crippen LogP contribution in [0.3, 0.4) is 0 Å². The van der Waals surface area contributed by atoms with E-state index in [0.29, 0.717) is 6.61 Å². The Labute approximate surface area is 85.2 Å². The van der Waals surface area contributed by atoms with E-state index in [4.69, 9.17) is 4.74 Å². The van der Waals surface area contributed by atoms with E-state index < -0.39 is 5.54 Å². The van der Waals surface area contributed by atoms with Crippen LogP contribution in [-0.4, -0.2) is 25.2 Å². The maximum Gasteiger partial charge on any atom is 0.326 e. The van der Waals surface area contributed by atoms with Gasteiger partial charge in [-0.1, -0.05) is 20.8 Å². The predicted octanol–water partition coefficient (Wildman–Crippen LogP) is 1.33. The standard InChI is InChI=1S/C11H19NO2/c1-9(2)10(3)5-6-11(9,12-4)8(13)14-7-10/h12H,5-7H2,1-4H3. The zero-order valence-electron chi connectivity index (χ0n) is 9.44. The van der Waals surface area contributed by atoms with Gasteiger partial charge in [0.1, 0.15) is 5.54 Å². The Morgan fingerprint density at radius 3 is 2.43 bits per heavy atom. The van der Waals surface area contributed by atoms with Gasteiger partial charge in [0.2, 0.25) is 0 Å². The molecule has 3 heteroatoms. The Morgan fingerprint density at radius 2 is 1.93 bits per heavy atom. The van der Waals surface area contributed by atoms with E-state index in [2.05, 4.69) is 26.1 Å². The van der Waals surface area contributed by atoms with E-state index in [1.807, 2.05) is 7.05 Å². The average Bonchev–Trinajstić information content (AvgIpc) is 2.26. The minimum Gasteiger partial charge on any atom is -0.464 e. The molecule has 2 atom stereocenters. The first-order valence-electron chi connectivity index (χ1n) is 5.26. The van der Waals surface area contributed by atoms with Crippen molar-refractivity contribution in [2.45, 2.75) is 39.2 Å². The van der Waals surface area contributed by atoms with Crippen LogP contribution in [-0.2, 0) is 9.53 Å². The summed E-state index contributed by atoms with van der Waals surface area (Å²) in [5.74, 6) is -0.0695. The van der Waals surface area contributed by atoms with E-state index in [1.165, 1.54) is 0 Å². The Bertz CT molecular complexity index is 287. The van der Waals surface area contributed by atoms with Crippen molar-refractivity contribution < 1.29 is 9.53 Å². The number of likely N-dealkylation sites (N-methyl/N-ethyl adjacent to an activating group) is 1. The number of rotatable bonds is 1. The van der Waals surface area contributed by atoms with Crippen molar-refractivity contribution >= 4 is 5.97 Å². The van der Waals surface area contributed by atoms with Gasteiger partial charge in [-0.15, -0.1) is 0 Å². The van der Waals surface area contributed by atoms with E-state index in [9.17, 15) is 4.79 Å². The number of esters is 1. The van der Waals surface area contributed by atoms with Crippen LogP contribution in [0.2, 0.25) is 0 Å². The lowest BCUT2D eigenvalue weighted by atomic mass is 9.61. The molecule has 14 heavy (non-hydrogen) atoms. The topological polar surface area (TPSA) is 38.3 Å². The molecule has 2 rings (SSSR count). The Kier molecular flexibility index (Phi) is 1.79. The van der Waals surface area contributed by atoms with Crippen molar-refractivity contribution in [1.82, 2.24) is 5.32 Å². The Hall–Kier alpha value is -0.570. The largest absolute Gasteiger partial charge is 0.464 e. The summed E-state index contributed by atoms with van der Waals surface area (Å²) in [7, 11) is 1.86. The fraction of sp³-hybridized carbons (Fsp3) is 0.909. The molecule has 0 radical (unpaired) electrons. The van der Waals surface area contributed by atoms with Gasteiger partial charge < -0.3 is 10.1 Å². The zero-order chi connectivity index (χ0) is 10.6. The summed E-state index contributed by atoms with van der Waals surface area (Å²) in [5.41, 5.74) is -0.353. The molecule has 1 heterocycles. The molecule has 1 saturated heterocycles. The van der Waals surface area contributed by atoms with Gasteiger partial charge in [-0.05, 0) is 19.9 Å². The highest BCUT2D eigenvalue weighted by molar-refractivity contribution is 5.84. The molecule has 2 bridgehead atoms. The number of fused-ring (bicyclic) bond motifs is 2. The maximum absolute atomic E-state index is 11.9. The first-order chi connectivity index (χ1) is 6.40. The van der Waals surface area contributed by atoms with Crippen LogP contribution in [0.15, 0.2) is 0 Å². The summed E-state index contributed by atoms with van der Waals surface area (Å²) in [6, 6.07) is 0. The highest BCUT2D eigenvalue weighted by Gasteiger charge is 2.67. The third-order valence-corrected chi connectivity index (χ3v) is 4.92. The molecule has 0 amide bonds. The number of hydrogen-bond acceptors (Lipinski definition) is 3. The van der Waals surface area contributed by atoms with Crippen LogP contribution in [0.5, 0.6) is 0 Å². The lowest BCUT2D eigenvalue weighted by Crippen LogP contribution is -2.65. The van der Waals surface area contributed by atoms with Gasteiger partial charge in [0.25, 0.3) is 0 Å². The Morgan fingerprint density at radius 1 is 1.29 bits per heavy atom. The Balaban J connectivity index is 2.52. The lowest BCUT2D eigenvalue weighted by Gasteiger charge is -2.50. The van der Waals surface area contributed by atoms with Gasteiger partial charge in [-0.3, -0.25) is 4.79 Å². The second-order valence-electron chi connectivity index (χ2n) is 5.42. The van der Waals surface area contributed by atoms with Gasteiger partial charge in [0.05, 0.1) is 6.61 Å². The molecule has 2 fully saturated rings. The normalized spacial score (nSPS) is 45.0. The van der Waals surface area contributed by atoms with Crippen molar-refractivity contribution in [3.8, 4) is 0 Å². The quantitative estimate of drug-likeness (QED) is 0.644. The predicted molar refractivity (Wildman–Crippen MR) is 53.9 cm³/mol. The van der Waals surface area contributed by atoms with E-state index in [0.717, 1.165) is 12.8 Å². The number of carbonyl (C=O) groups excluding carboxylic acids is 1. The molecule has 1 saturated carbocycles. The molecule has 0 aromatic heterocycles. The van der Waals surface area contributed by atoms with Crippen LogP contribution in [0.1, 0.15) is 33.6 Å². The molecule has 1 aliphatic carbocycles. The highest BCUT2D eigenvalue weighted by Crippen LogP contribution is 2.60. The minimum absolute atomic E-state index is 0.0237. The van der Waals surface area contributed by atoms with E-state index >= 15 is 0 Å². The molecule has 1 N–H and O–H groups in total. The third kappa shape index (κ3) is 0.800. The molecule has 3 nitrogen and oxygen atoms in total. The summed E-state index contributed by atoms with van der Waals surface area (Å²) < 4.78 is 5.30. The average molecular weight is 197 g/mol. The molecular weight excluding hydrogens is 178 g/mol. The summed E-state index contributed by atoms with van der Waals surface area (Å²) in [5, 5.41) is 3.20. The fourth-order valence-corrected chi connectivity index (χ4v) is 3.10.